The Balaban J connectivity index is 1.69. The lowest BCUT2D eigenvalue weighted by molar-refractivity contribution is -0.131. The fraction of sp³-hybridized carbons (Fsp3) is 0.429. The van der Waals surface area contributed by atoms with E-state index >= 15 is 0 Å². The minimum Gasteiger partial charge on any atom is -0.507 e. The summed E-state index contributed by atoms with van der Waals surface area (Å²) in [5.41, 5.74) is 3.51. The number of carbonyl (C=O) groups excluding carboxylic acids is 3. The highest BCUT2D eigenvalue weighted by Crippen LogP contribution is 2.42. The van der Waals surface area contributed by atoms with Crippen LogP contribution in [0, 0.1) is 11.8 Å². The predicted molar refractivity (Wildman–Crippen MR) is 175 cm³/mol. The second kappa shape index (κ2) is 14.9. The smallest absolute Gasteiger partial charge is 0.272 e. The number of nitrogens with one attached hydrogen (secondary N) is 2. The molecule has 0 bridgehead atoms. The molecule has 1 aliphatic carbocycles. The van der Waals surface area contributed by atoms with Gasteiger partial charge in [-0.05, 0) is 60.4 Å². The monoisotopic (exact) mass is 615 g/mol. The molecule has 1 aliphatic rings. The van der Waals surface area contributed by atoms with Crippen LogP contribution in [-0.2, 0) is 9.59 Å². The summed E-state index contributed by atoms with van der Waals surface area (Å²) in [5, 5.41) is 21.5. The number of methoxy groups -OCH3 is 1. The van der Waals surface area contributed by atoms with Crippen molar-refractivity contribution in [2.45, 2.75) is 58.5 Å². The van der Waals surface area contributed by atoms with Crippen LogP contribution >= 0.6 is 0 Å². The van der Waals surface area contributed by atoms with Crippen molar-refractivity contribution in [2.75, 3.05) is 27.7 Å². The minimum atomic E-state index is -0.473. The summed E-state index contributed by atoms with van der Waals surface area (Å²) in [6.45, 7) is 6.13. The Morgan fingerprint density at radius 1 is 1.11 bits per heavy atom. The molecule has 3 atom stereocenters. The Morgan fingerprint density at radius 2 is 1.84 bits per heavy atom. The van der Waals surface area contributed by atoms with Gasteiger partial charge in [0.2, 0.25) is 11.8 Å². The molecule has 0 saturated heterocycles. The topological polar surface area (TPSA) is 126 Å². The van der Waals surface area contributed by atoms with Crippen LogP contribution in [0.5, 0.6) is 11.5 Å². The van der Waals surface area contributed by atoms with E-state index in [1.54, 1.807) is 38.4 Å². The first kappa shape index (κ1) is 33.3. The summed E-state index contributed by atoms with van der Waals surface area (Å²) in [7, 11) is 4.79. The number of hydrogen-bond donors (Lipinski definition) is 3. The molecular formula is C35H45N5O5. The van der Waals surface area contributed by atoms with Crippen LogP contribution in [0.25, 0.3) is 16.8 Å². The predicted octanol–water partition coefficient (Wildman–Crippen LogP) is 5.06. The summed E-state index contributed by atoms with van der Waals surface area (Å²) in [5.74, 6) is 0.0620. The van der Waals surface area contributed by atoms with E-state index in [1.807, 2.05) is 36.7 Å². The summed E-state index contributed by atoms with van der Waals surface area (Å²) >= 11 is 0. The van der Waals surface area contributed by atoms with Gasteiger partial charge in [0.05, 0.1) is 31.0 Å². The van der Waals surface area contributed by atoms with Gasteiger partial charge in [-0.25, -0.2) is 0 Å². The van der Waals surface area contributed by atoms with Gasteiger partial charge in [-0.3, -0.25) is 19.1 Å². The van der Waals surface area contributed by atoms with Gasteiger partial charge >= 0.3 is 0 Å². The molecule has 2 unspecified atom stereocenters. The fourth-order valence-electron chi connectivity index (χ4n) is 5.82. The van der Waals surface area contributed by atoms with E-state index in [9.17, 15) is 19.5 Å². The number of carbonyl (C=O) groups is 3. The minimum absolute atomic E-state index is 0.0141. The molecule has 10 heteroatoms. The molecule has 240 valence electrons. The average molecular weight is 616 g/mol. The van der Waals surface area contributed by atoms with Crippen molar-refractivity contribution >= 4 is 23.3 Å². The van der Waals surface area contributed by atoms with Crippen molar-refractivity contribution in [1.29, 1.82) is 0 Å². The third-order valence-electron chi connectivity index (χ3n) is 7.97. The Kier molecular flexibility index (Phi) is 11.0. The molecule has 3 aromatic rings. The third kappa shape index (κ3) is 8.53. The molecule has 0 aliphatic heterocycles. The molecule has 4 rings (SSSR count). The Morgan fingerprint density at radius 3 is 2.51 bits per heavy atom. The number of likely N-dealkylation sites (N-methyl/N-ethyl adjacent to an activating group) is 1. The largest absolute Gasteiger partial charge is 0.507 e. The highest BCUT2D eigenvalue weighted by molar-refractivity contribution is 5.94. The zero-order valence-corrected chi connectivity index (χ0v) is 27.0. The molecule has 0 fully saturated rings. The van der Waals surface area contributed by atoms with Gasteiger partial charge in [-0.2, -0.15) is 5.10 Å². The number of aromatic nitrogens is 2. The fourth-order valence-corrected chi connectivity index (χ4v) is 5.82. The molecular weight excluding hydrogens is 570 g/mol. The van der Waals surface area contributed by atoms with E-state index in [4.69, 9.17) is 9.84 Å². The lowest BCUT2D eigenvalue weighted by atomic mass is 9.84. The number of hydrogen-bond acceptors (Lipinski definition) is 6. The van der Waals surface area contributed by atoms with Gasteiger partial charge in [0.1, 0.15) is 11.5 Å². The van der Waals surface area contributed by atoms with E-state index in [0.29, 0.717) is 29.3 Å². The van der Waals surface area contributed by atoms with E-state index in [0.717, 1.165) is 18.4 Å². The van der Waals surface area contributed by atoms with E-state index in [-0.39, 0.29) is 48.2 Å². The molecule has 2 aromatic carbocycles. The maximum Gasteiger partial charge on any atom is 0.272 e. The van der Waals surface area contributed by atoms with Crippen LogP contribution in [0.15, 0.2) is 60.7 Å². The normalized spacial score (nSPS) is 16.9. The quantitative estimate of drug-likeness (QED) is 0.262. The molecule has 10 nitrogen and oxygen atoms in total. The number of ether oxygens (including phenoxy) is 1. The number of amides is 3. The molecule has 1 aromatic heterocycles. The average Bonchev–Trinajstić information content (AvgIpc) is 3.44. The van der Waals surface area contributed by atoms with Crippen LogP contribution in [0.1, 0.15) is 68.5 Å². The SMILES string of the molecule is COc1cccc(O)c1-c1cc(C(=O)N[C@H](CC(=O)NCC(=O)N(C)C)CC(C)C)nn1C1C=C(c2ccccc2)CC(C)C1. The molecule has 0 radical (unpaired) electrons. The van der Waals surface area contributed by atoms with Crippen molar-refractivity contribution in [3.05, 3.63) is 71.9 Å². The van der Waals surface area contributed by atoms with E-state index < -0.39 is 11.9 Å². The number of phenolic OH excluding ortho intramolecular Hbond substituents is 1. The Labute approximate surface area is 265 Å². The third-order valence-corrected chi connectivity index (χ3v) is 7.97. The highest BCUT2D eigenvalue weighted by atomic mass is 16.5. The van der Waals surface area contributed by atoms with Crippen LogP contribution in [0.4, 0.5) is 0 Å². The number of phenols is 1. The lowest BCUT2D eigenvalue weighted by Gasteiger charge is -2.28. The number of benzene rings is 2. The molecule has 0 spiro atoms. The summed E-state index contributed by atoms with van der Waals surface area (Å²) < 4.78 is 7.43. The zero-order valence-electron chi connectivity index (χ0n) is 27.0. The van der Waals surface area contributed by atoms with Crippen molar-refractivity contribution in [1.82, 2.24) is 25.3 Å². The molecule has 0 saturated carbocycles. The number of aromatic hydroxyl groups is 1. The van der Waals surface area contributed by atoms with Crippen molar-refractivity contribution < 1.29 is 24.2 Å². The van der Waals surface area contributed by atoms with Crippen LogP contribution in [0.3, 0.4) is 0 Å². The maximum absolute atomic E-state index is 13.8. The van der Waals surface area contributed by atoms with Crippen LogP contribution in [0.2, 0.25) is 0 Å². The van der Waals surface area contributed by atoms with Crippen molar-refractivity contribution in [3.63, 3.8) is 0 Å². The van der Waals surface area contributed by atoms with Crippen LogP contribution < -0.4 is 15.4 Å². The standard InChI is InChI=1S/C35H45N5O5/c1-22(2)15-26(19-32(42)36-21-33(43)39(4)5)37-35(44)28-20-29(34-30(41)13-10-14-31(34)45-6)40(38-28)27-17-23(3)16-25(18-27)24-11-8-7-9-12-24/h7-14,18,20,22-23,26-27,41H,15-17,19,21H2,1-6H3,(H,36,42)(H,37,44)/t23?,26-,27?/m0/s1. The summed E-state index contributed by atoms with van der Waals surface area (Å²) in [6.07, 6.45) is 4.49. The number of nitrogens with zero attached hydrogens (tertiary/aromatic N) is 3. The zero-order chi connectivity index (χ0) is 32.7. The van der Waals surface area contributed by atoms with Crippen molar-refractivity contribution in [3.8, 4) is 22.8 Å². The van der Waals surface area contributed by atoms with Gasteiger partial charge in [0.15, 0.2) is 5.69 Å². The molecule has 3 amide bonds. The Bertz CT molecular complexity index is 1530. The first-order chi connectivity index (χ1) is 21.5. The molecule has 3 N–H and O–H groups in total. The second-order valence-corrected chi connectivity index (χ2v) is 12.5. The number of rotatable bonds is 12. The highest BCUT2D eigenvalue weighted by Gasteiger charge is 2.29. The second-order valence-electron chi connectivity index (χ2n) is 12.5. The maximum atomic E-state index is 13.8. The summed E-state index contributed by atoms with van der Waals surface area (Å²) in [6, 6.07) is 16.3. The van der Waals surface area contributed by atoms with Gasteiger partial charge < -0.3 is 25.4 Å². The summed E-state index contributed by atoms with van der Waals surface area (Å²) in [4.78, 5) is 39.8. The van der Waals surface area contributed by atoms with Gasteiger partial charge in [0, 0.05) is 26.6 Å². The molecule has 1 heterocycles. The van der Waals surface area contributed by atoms with E-state index in [2.05, 4.69) is 35.8 Å². The van der Waals surface area contributed by atoms with Gasteiger partial charge in [-0.15, -0.1) is 0 Å². The lowest BCUT2D eigenvalue weighted by Crippen LogP contribution is -2.42. The molecule has 45 heavy (non-hydrogen) atoms. The van der Waals surface area contributed by atoms with Gasteiger partial charge in [-0.1, -0.05) is 63.2 Å². The van der Waals surface area contributed by atoms with Crippen LogP contribution in [-0.4, -0.2) is 71.3 Å². The first-order valence-corrected chi connectivity index (χ1v) is 15.5. The van der Waals surface area contributed by atoms with Gasteiger partial charge in [0.25, 0.3) is 5.91 Å². The first-order valence-electron chi connectivity index (χ1n) is 15.5. The van der Waals surface area contributed by atoms with E-state index in [1.165, 1.54) is 17.6 Å². The van der Waals surface area contributed by atoms with Crippen molar-refractivity contribution in [2.24, 2.45) is 11.8 Å². The Hall–Kier alpha value is -4.60. The number of allylic oxidation sites excluding steroid dienone is 2.